The summed E-state index contributed by atoms with van der Waals surface area (Å²) in [5.74, 6) is 0. The van der Waals surface area contributed by atoms with Crippen molar-refractivity contribution in [3.05, 3.63) is 34.9 Å². The van der Waals surface area contributed by atoms with Gasteiger partial charge in [0.2, 0.25) is 0 Å². The van der Waals surface area contributed by atoms with Gasteiger partial charge >= 0.3 is 0 Å². The molecule has 0 amide bonds. The number of benzene rings is 1. The van der Waals surface area contributed by atoms with Crippen LogP contribution in [0, 0.1) is 0 Å². The lowest BCUT2D eigenvalue weighted by Gasteiger charge is -2.18. The molecule has 0 aliphatic carbocycles. The van der Waals surface area contributed by atoms with Crippen LogP contribution >= 0.6 is 11.6 Å². The summed E-state index contributed by atoms with van der Waals surface area (Å²) in [6.45, 7) is 4.36. The fourth-order valence-electron chi connectivity index (χ4n) is 0.955. The zero-order valence-electron chi connectivity index (χ0n) is 7.19. The van der Waals surface area contributed by atoms with Crippen molar-refractivity contribution in [3.8, 4) is 0 Å². The molecule has 0 aromatic heterocycles. The van der Waals surface area contributed by atoms with Crippen molar-refractivity contribution < 1.29 is 0 Å². The molecule has 1 aromatic carbocycles. The first-order valence-electron chi connectivity index (χ1n) is 3.76. The van der Waals surface area contributed by atoms with Gasteiger partial charge in [-0.2, -0.15) is 0 Å². The average molecular weight is 166 g/mol. The fourth-order valence-corrected chi connectivity index (χ4v) is 1.15. The van der Waals surface area contributed by atoms with Gasteiger partial charge in [0.1, 0.15) is 7.85 Å². The number of hydrogen-bond acceptors (Lipinski definition) is 0. The molecule has 0 saturated carbocycles. The molecular weight excluding hydrogens is 154 g/mol. The van der Waals surface area contributed by atoms with Crippen LogP contribution in [0.25, 0.3) is 0 Å². The van der Waals surface area contributed by atoms with Crippen molar-refractivity contribution in [1.82, 2.24) is 0 Å². The lowest BCUT2D eigenvalue weighted by molar-refractivity contribution is 0.764. The van der Waals surface area contributed by atoms with E-state index >= 15 is 0 Å². The number of hydrogen-bond donors (Lipinski definition) is 0. The van der Waals surface area contributed by atoms with E-state index in [9.17, 15) is 0 Å². The van der Waals surface area contributed by atoms with E-state index in [1.165, 1.54) is 5.56 Å². The van der Waals surface area contributed by atoms with Crippen molar-refractivity contribution in [2.45, 2.75) is 19.2 Å². The molecule has 0 atom stereocenters. The smallest absolute Gasteiger partial charge is 0.0843 e. The van der Waals surface area contributed by atoms with Gasteiger partial charge in [0, 0.05) is 5.02 Å². The Hall–Kier alpha value is -0.425. The first kappa shape index (κ1) is 8.67. The first-order chi connectivity index (χ1) is 5.00. The first-order valence-corrected chi connectivity index (χ1v) is 4.14. The van der Waals surface area contributed by atoms with Crippen molar-refractivity contribution in [1.29, 1.82) is 0 Å². The van der Waals surface area contributed by atoms with Crippen LogP contribution in [0.5, 0.6) is 0 Å². The SMILES string of the molecule is BC(C)(C)c1cccc(Cl)c1. The van der Waals surface area contributed by atoms with Gasteiger partial charge in [-0.05, 0) is 23.0 Å². The second kappa shape index (κ2) is 2.90. The summed E-state index contributed by atoms with van der Waals surface area (Å²) in [5.41, 5.74) is 1.28. The summed E-state index contributed by atoms with van der Waals surface area (Å²) in [6, 6.07) is 8.01. The number of halogens is 1. The molecule has 11 heavy (non-hydrogen) atoms. The summed E-state index contributed by atoms with van der Waals surface area (Å²) >= 11 is 5.85. The highest BCUT2D eigenvalue weighted by molar-refractivity contribution is 6.30. The van der Waals surface area contributed by atoms with E-state index in [2.05, 4.69) is 27.8 Å². The molecule has 0 fully saturated rings. The van der Waals surface area contributed by atoms with Gasteiger partial charge in [-0.1, -0.05) is 37.6 Å². The second-order valence-corrected chi connectivity index (χ2v) is 4.20. The third-order valence-corrected chi connectivity index (χ3v) is 1.93. The predicted octanol–water partition coefficient (Wildman–Crippen LogP) is 2.21. The fraction of sp³-hybridized carbons (Fsp3) is 0.333. The lowest BCUT2D eigenvalue weighted by atomic mass is 9.67. The van der Waals surface area contributed by atoms with Crippen molar-refractivity contribution in [2.24, 2.45) is 0 Å². The Balaban J connectivity index is 3.06. The molecule has 0 aliphatic heterocycles. The van der Waals surface area contributed by atoms with Gasteiger partial charge in [0.05, 0.1) is 0 Å². The van der Waals surface area contributed by atoms with E-state index in [1.807, 2.05) is 18.2 Å². The van der Waals surface area contributed by atoms with Crippen LogP contribution in [-0.4, -0.2) is 7.85 Å². The molecule has 0 heterocycles. The summed E-state index contributed by atoms with van der Waals surface area (Å²) in [4.78, 5) is 0. The standard InChI is InChI=1S/C9H12BCl/c1-9(2,10)7-4-3-5-8(11)6-7/h3-6H,10H2,1-2H3. The maximum absolute atomic E-state index is 5.85. The Kier molecular flexibility index (Phi) is 2.29. The van der Waals surface area contributed by atoms with E-state index in [0.717, 1.165) is 5.02 Å². The van der Waals surface area contributed by atoms with E-state index < -0.39 is 0 Å². The summed E-state index contributed by atoms with van der Waals surface area (Å²) in [7, 11) is 2.18. The van der Waals surface area contributed by atoms with Crippen molar-refractivity contribution in [3.63, 3.8) is 0 Å². The largest absolute Gasteiger partial charge is 0.114 e. The number of rotatable bonds is 1. The van der Waals surface area contributed by atoms with Crippen molar-refractivity contribution in [2.75, 3.05) is 0 Å². The van der Waals surface area contributed by atoms with Crippen LogP contribution < -0.4 is 0 Å². The van der Waals surface area contributed by atoms with E-state index in [0.29, 0.717) is 0 Å². The zero-order valence-corrected chi connectivity index (χ0v) is 7.94. The van der Waals surface area contributed by atoms with Crippen LogP contribution in [0.1, 0.15) is 19.4 Å². The molecule has 1 rings (SSSR count). The average Bonchev–Trinajstić information content (AvgIpc) is 1.86. The van der Waals surface area contributed by atoms with Gasteiger partial charge in [-0.3, -0.25) is 0 Å². The molecule has 0 N–H and O–H groups in total. The Morgan fingerprint density at radius 1 is 1.36 bits per heavy atom. The molecule has 58 valence electrons. The maximum atomic E-state index is 5.85. The Labute approximate surface area is 74.0 Å². The Morgan fingerprint density at radius 3 is 2.36 bits per heavy atom. The topological polar surface area (TPSA) is 0 Å². The normalized spacial score (nSPS) is 11.5. The van der Waals surface area contributed by atoms with Gasteiger partial charge < -0.3 is 0 Å². The van der Waals surface area contributed by atoms with E-state index in [-0.39, 0.29) is 5.31 Å². The molecule has 2 heteroatoms. The maximum Gasteiger partial charge on any atom is 0.114 e. The van der Waals surface area contributed by atoms with Gasteiger partial charge in [0.15, 0.2) is 0 Å². The summed E-state index contributed by atoms with van der Waals surface area (Å²) in [5, 5.41) is 1.02. The lowest BCUT2D eigenvalue weighted by Crippen LogP contribution is -2.16. The minimum absolute atomic E-state index is 0.199. The molecule has 0 aliphatic rings. The molecule has 0 saturated heterocycles. The van der Waals surface area contributed by atoms with Crippen LogP contribution in [-0.2, 0) is 5.31 Å². The molecule has 1 aromatic rings. The molecule has 0 nitrogen and oxygen atoms in total. The Bertz CT molecular complexity index is 250. The molecular formula is C9H12BCl. The quantitative estimate of drug-likeness (QED) is 0.561. The monoisotopic (exact) mass is 166 g/mol. The second-order valence-electron chi connectivity index (χ2n) is 3.76. The molecule has 0 spiro atoms. The molecule has 0 unspecified atom stereocenters. The van der Waals surface area contributed by atoms with E-state index in [1.54, 1.807) is 0 Å². The summed E-state index contributed by atoms with van der Waals surface area (Å²) < 4.78 is 0. The molecule has 0 radical (unpaired) electrons. The van der Waals surface area contributed by atoms with E-state index in [4.69, 9.17) is 11.6 Å². The third kappa shape index (κ3) is 2.26. The minimum atomic E-state index is 0.199. The van der Waals surface area contributed by atoms with Crippen LogP contribution in [0.4, 0.5) is 0 Å². The van der Waals surface area contributed by atoms with Gasteiger partial charge in [0.25, 0.3) is 0 Å². The van der Waals surface area contributed by atoms with Gasteiger partial charge in [-0.25, -0.2) is 0 Å². The van der Waals surface area contributed by atoms with Crippen LogP contribution in [0.3, 0.4) is 0 Å². The van der Waals surface area contributed by atoms with Crippen LogP contribution in [0.2, 0.25) is 5.02 Å². The third-order valence-electron chi connectivity index (χ3n) is 1.69. The van der Waals surface area contributed by atoms with Crippen molar-refractivity contribution >= 4 is 19.4 Å². The highest BCUT2D eigenvalue weighted by atomic mass is 35.5. The van der Waals surface area contributed by atoms with Crippen LogP contribution in [0.15, 0.2) is 24.3 Å². The minimum Gasteiger partial charge on any atom is -0.0843 e. The Morgan fingerprint density at radius 2 is 2.00 bits per heavy atom. The highest BCUT2D eigenvalue weighted by Gasteiger charge is 2.12. The highest BCUT2D eigenvalue weighted by Crippen LogP contribution is 2.21. The molecule has 0 bridgehead atoms. The van der Waals surface area contributed by atoms with Gasteiger partial charge in [-0.15, -0.1) is 0 Å². The predicted molar refractivity (Wildman–Crippen MR) is 53.0 cm³/mol. The zero-order chi connectivity index (χ0) is 8.48. The summed E-state index contributed by atoms with van der Waals surface area (Å²) in [6.07, 6.45) is 0.